The molecule has 0 aromatic heterocycles. The Balaban J connectivity index is 1.58. The Morgan fingerprint density at radius 2 is 1.74 bits per heavy atom. The molecule has 34 heavy (non-hydrogen) atoms. The van der Waals surface area contributed by atoms with Gasteiger partial charge in [0.15, 0.2) is 0 Å². The Labute approximate surface area is 209 Å². The van der Waals surface area contributed by atoms with Crippen molar-refractivity contribution in [2.75, 3.05) is 0 Å². The van der Waals surface area contributed by atoms with Crippen molar-refractivity contribution in [3.05, 3.63) is 111 Å². The summed E-state index contributed by atoms with van der Waals surface area (Å²) in [5.74, 6) is 0. The van der Waals surface area contributed by atoms with E-state index in [-0.39, 0.29) is 10.8 Å². The lowest BCUT2D eigenvalue weighted by atomic mass is 9.79. The number of halogens is 1. The molecule has 1 heterocycles. The number of aryl methyl sites for hydroxylation is 1. The fraction of sp³-hybridized carbons (Fsp3) is 0.323. The maximum absolute atomic E-state index is 6.88. The van der Waals surface area contributed by atoms with E-state index in [0.717, 1.165) is 47.0 Å². The average Bonchev–Trinajstić information content (AvgIpc) is 3.07. The molecule has 3 heteroatoms. The number of benzene rings is 2. The first-order chi connectivity index (χ1) is 16.1. The summed E-state index contributed by atoms with van der Waals surface area (Å²) >= 11 is 6.88. The van der Waals surface area contributed by atoms with Crippen LogP contribution in [0.2, 0.25) is 0 Å². The number of fused-ring (bicyclic) bond motifs is 1. The summed E-state index contributed by atoms with van der Waals surface area (Å²) in [6, 6.07) is 16.8. The highest BCUT2D eigenvalue weighted by Gasteiger charge is 2.33. The molecule has 2 N–H and O–H groups in total. The van der Waals surface area contributed by atoms with E-state index < -0.39 is 0 Å². The Kier molecular flexibility index (Phi) is 6.73. The summed E-state index contributed by atoms with van der Waals surface area (Å²) < 4.78 is 0. The van der Waals surface area contributed by atoms with Crippen molar-refractivity contribution < 1.29 is 0 Å². The second kappa shape index (κ2) is 9.43. The van der Waals surface area contributed by atoms with Gasteiger partial charge in [0.05, 0.1) is 11.4 Å². The molecule has 2 aromatic rings. The predicted molar refractivity (Wildman–Crippen MR) is 147 cm³/mol. The van der Waals surface area contributed by atoms with Gasteiger partial charge in [0.2, 0.25) is 0 Å². The monoisotopic (exact) mass is 470 g/mol. The third kappa shape index (κ3) is 4.57. The first-order valence-electron chi connectivity index (χ1n) is 12.1. The molecule has 1 aliphatic heterocycles. The van der Waals surface area contributed by atoms with Crippen molar-refractivity contribution in [2.24, 2.45) is 10.7 Å². The van der Waals surface area contributed by atoms with Crippen LogP contribution in [-0.2, 0) is 10.8 Å². The van der Waals surface area contributed by atoms with Crippen LogP contribution in [0.1, 0.15) is 63.6 Å². The van der Waals surface area contributed by atoms with Gasteiger partial charge in [-0.25, -0.2) is 0 Å². The van der Waals surface area contributed by atoms with Crippen molar-refractivity contribution in [1.82, 2.24) is 0 Å². The minimum absolute atomic E-state index is 0.105. The van der Waals surface area contributed by atoms with Crippen LogP contribution in [-0.4, -0.2) is 5.71 Å². The molecule has 0 unspecified atom stereocenters. The van der Waals surface area contributed by atoms with Gasteiger partial charge in [-0.2, -0.15) is 0 Å². The van der Waals surface area contributed by atoms with E-state index in [2.05, 4.69) is 95.3 Å². The Hall–Kier alpha value is -2.84. The first-order valence-corrected chi connectivity index (χ1v) is 12.5. The third-order valence-corrected chi connectivity index (χ3v) is 7.85. The van der Waals surface area contributed by atoms with Crippen LogP contribution in [0.4, 0.5) is 5.69 Å². The van der Waals surface area contributed by atoms with Crippen LogP contribution in [0.15, 0.2) is 99.7 Å². The number of nitrogens with two attached hydrogens (primary N) is 1. The van der Waals surface area contributed by atoms with Crippen molar-refractivity contribution >= 4 is 23.0 Å². The molecule has 0 amide bonds. The SMILES string of the molecule is Cc1ccccc1C(C)(C)C(N)=CC=C1CCCC(C=CC2=Nc3ccccc3C2(C)C)=C1Cl. The van der Waals surface area contributed by atoms with E-state index in [1.165, 1.54) is 22.3 Å². The Morgan fingerprint density at radius 1 is 1.03 bits per heavy atom. The number of hydrogen-bond acceptors (Lipinski definition) is 2. The molecule has 0 bridgehead atoms. The van der Waals surface area contributed by atoms with Crippen LogP contribution < -0.4 is 5.73 Å². The van der Waals surface area contributed by atoms with E-state index in [4.69, 9.17) is 22.3 Å². The summed E-state index contributed by atoms with van der Waals surface area (Å²) in [7, 11) is 0. The van der Waals surface area contributed by atoms with Gasteiger partial charge >= 0.3 is 0 Å². The van der Waals surface area contributed by atoms with Gasteiger partial charge in [-0.3, -0.25) is 4.99 Å². The second-order valence-electron chi connectivity index (χ2n) is 10.4. The predicted octanol–water partition coefficient (Wildman–Crippen LogP) is 8.34. The molecule has 0 spiro atoms. The molecule has 2 nitrogen and oxygen atoms in total. The summed E-state index contributed by atoms with van der Waals surface area (Å²) in [4.78, 5) is 4.88. The van der Waals surface area contributed by atoms with Gasteiger partial charge in [-0.05, 0) is 72.2 Å². The summed E-state index contributed by atoms with van der Waals surface area (Å²) in [5, 5.41) is 0.842. The van der Waals surface area contributed by atoms with Crippen LogP contribution >= 0.6 is 11.6 Å². The zero-order chi connectivity index (χ0) is 24.5. The van der Waals surface area contributed by atoms with E-state index in [1.54, 1.807) is 0 Å². The molecule has 0 saturated heterocycles. The lowest BCUT2D eigenvalue weighted by Gasteiger charge is -2.28. The fourth-order valence-electron chi connectivity index (χ4n) is 4.97. The maximum Gasteiger partial charge on any atom is 0.0674 e. The zero-order valence-electron chi connectivity index (χ0n) is 21.0. The highest BCUT2D eigenvalue weighted by Crippen LogP contribution is 2.41. The molecular weight excluding hydrogens is 436 g/mol. The van der Waals surface area contributed by atoms with Gasteiger partial charge in [-0.1, -0.05) is 93.9 Å². The molecular formula is C31H35ClN2. The van der Waals surface area contributed by atoms with Crippen LogP contribution in [0.25, 0.3) is 0 Å². The van der Waals surface area contributed by atoms with Gasteiger partial charge in [-0.15, -0.1) is 0 Å². The van der Waals surface area contributed by atoms with E-state index in [1.807, 2.05) is 12.1 Å². The number of rotatable bonds is 5. The minimum atomic E-state index is -0.253. The number of allylic oxidation sites excluding steroid dienone is 8. The summed E-state index contributed by atoms with van der Waals surface area (Å²) in [6.07, 6.45) is 11.5. The highest BCUT2D eigenvalue weighted by atomic mass is 35.5. The second-order valence-corrected chi connectivity index (χ2v) is 10.8. The summed E-state index contributed by atoms with van der Waals surface area (Å²) in [5.41, 5.74) is 15.3. The van der Waals surface area contributed by atoms with Gasteiger partial charge in [0.1, 0.15) is 0 Å². The first kappa shape index (κ1) is 24.3. The summed E-state index contributed by atoms with van der Waals surface area (Å²) in [6.45, 7) is 10.9. The Morgan fingerprint density at radius 3 is 2.47 bits per heavy atom. The number of nitrogens with zero attached hydrogens (tertiary/aromatic N) is 1. The molecule has 4 rings (SSSR count). The van der Waals surface area contributed by atoms with Crippen LogP contribution in [0.5, 0.6) is 0 Å². The van der Waals surface area contributed by atoms with Crippen LogP contribution in [0.3, 0.4) is 0 Å². The Bertz CT molecular complexity index is 1250. The fourth-order valence-corrected chi connectivity index (χ4v) is 5.28. The van der Waals surface area contributed by atoms with Crippen molar-refractivity contribution in [1.29, 1.82) is 0 Å². The molecule has 2 aromatic carbocycles. The van der Waals surface area contributed by atoms with Crippen LogP contribution in [0, 0.1) is 6.92 Å². The topological polar surface area (TPSA) is 38.4 Å². The number of para-hydroxylation sites is 1. The minimum Gasteiger partial charge on any atom is -0.401 e. The molecule has 1 aliphatic carbocycles. The quantitative estimate of drug-likeness (QED) is 0.468. The number of hydrogen-bond donors (Lipinski definition) is 1. The smallest absolute Gasteiger partial charge is 0.0674 e. The zero-order valence-corrected chi connectivity index (χ0v) is 21.7. The van der Waals surface area contributed by atoms with E-state index in [9.17, 15) is 0 Å². The molecule has 2 aliphatic rings. The number of aliphatic imine (C=N–C) groups is 1. The van der Waals surface area contributed by atoms with Crippen molar-refractivity contribution in [3.63, 3.8) is 0 Å². The molecule has 0 saturated carbocycles. The van der Waals surface area contributed by atoms with E-state index >= 15 is 0 Å². The van der Waals surface area contributed by atoms with Gasteiger partial charge in [0, 0.05) is 21.6 Å². The van der Waals surface area contributed by atoms with Crippen molar-refractivity contribution in [2.45, 2.75) is 64.7 Å². The standard InChI is InChI=1S/C31H35ClN2/c1-21-11-6-7-14-24(21)30(2,3)27(33)19-17-22-12-10-13-23(29(22)32)18-20-28-31(4,5)25-15-8-9-16-26(25)34-28/h6-9,11,14-20H,10,12-13,33H2,1-5H3. The normalized spacial score (nSPS) is 19.6. The van der Waals surface area contributed by atoms with E-state index in [0.29, 0.717) is 0 Å². The highest BCUT2D eigenvalue weighted by molar-refractivity contribution is 6.32. The third-order valence-electron chi connectivity index (χ3n) is 7.36. The van der Waals surface area contributed by atoms with Crippen molar-refractivity contribution in [3.8, 4) is 0 Å². The lowest BCUT2D eigenvalue weighted by molar-refractivity contribution is 0.611. The van der Waals surface area contributed by atoms with Gasteiger partial charge in [0.25, 0.3) is 0 Å². The maximum atomic E-state index is 6.88. The lowest BCUT2D eigenvalue weighted by Crippen LogP contribution is -2.26. The molecule has 0 radical (unpaired) electrons. The molecule has 176 valence electrons. The average molecular weight is 471 g/mol. The largest absolute Gasteiger partial charge is 0.401 e. The molecule has 0 atom stereocenters. The molecule has 0 fully saturated rings. The van der Waals surface area contributed by atoms with Gasteiger partial charge < -0.3 is 5.73 Å².